The molecule has 2 amide bonds. The molecular formula is C37H70N2O2. The summed E-state index contributed by atoms with van der Waals surface area (Å²) in [5.74, 6) is 0.0728. The molecule has 3 N–H and O–H groups in total. The predicted molar refractivity (Wildman–Crippen MR) is 180 cm³/mol. The smallest absolute Gasteiger partial charge is 0.219 e. The van der Waals surface area contributed by atoms with Crippen LogP contribution in [-0.2, 0) is 9.59 Å². The van der Waals surface area contributed by atoms with Crippen molar-refractivity contribution in [1.82, 2.24) is 5.32 Å². The Labute approximate surface area is 256 Å². The summed E-state index contributed by atoms with van der Waals surface area (Å²) in [5, 5.41) is 3.12. The quantitative estimate of drug-likeness (QED) is 0.0604. The first-order valence-corrected chi connectivity index (χ1v) is 18.0. The van der Waals surface area contributed by atoms with Crippen molar-refractivity contribution >= 4 is 11.8 Å². The third-order valence-electron chi connectivity index (χ3n) is 8.00. The molecule has 0 saturated carbocycles. The monoisotopic (exact) mass is 575 g/mol. The number of carbonyl (C=O) groups is 2. The van der Waals surface area contributed by atoms with Gasteiger partial charge in [0.25, 0.3) is 0 Å². The van der Waals surface area contributed by atoms with E-state index in [9.17, 15) is 9.59 Å². The Hall–Kier alpha value is -1.58. The predicted octanol–water partition coefficient (Wildman–Crippen LogP) is 11.0. The van der Waals surface area contributed by atoms with Crippen LogP contribution in [0.25, 0.3) is 0 Å². The second-order valence-corrected chi connectivity index (χ2v) is 12.2. The summed E-state index contributed by atoms with van der Waals surface area (Å²) in [6, 6.07) is 0. The Balaban J connectivity index is 3.24. The lowest BCUT2D eigenvalue weighted by Crippen LogP contribution is -2.23. The molecule has 0 fully saturated rings. The Morgan fingerprint density at radius 3 is 1.22 bits per heavy atom. The van der Waals surface area contributed by atoms with Gasteiger partial charge in [0.15, 0.2) is 0 Å². The summed E-state index contributed by atoms with van der Waals surface area (Å²) in [7, 11) is 0. The maximum Gasteiger partial charge on any atom is 0.219 e. The van der Waals surface area contributed by atoms with Crippen LogP contribution in [0.3, 0.4) is 0 Å². The highest BCUT2D eigenvalue weighted by molar-refractivity contribution is 5.75. The Morgan fingerprint density at radius 2 is 0.805 bits per heavy atom. The molecule has 0 saturated heterocycles. The highest BCUT2D eigenvalue weighted by atomic mass is 16.1. The van der Waals surface area contributed by atoms with Crippen molar-refractivity contribution in [3.63, 3.8) is 0 Å². The first-order chi connectivity index (χ1) is 20.2. The first-order valence-electron chi connectivity index (χ1n) is 18.0. The van der Waals surface area contributed by atoms with Crippen molar-refractivity contribution in [3.8, 4) is 0 Å². The number of carbonyl (C=O) groups excluding carboxylic acids is 2. The van der Waals surface area contributed by atoms with Crippen LogP contribution in [0.15, 0.2) is 24.3 Å². The zero-order valence-electron chi connectivity index (χ0n) is 27.4. The van der Waals surface area contributed by atoms with Crippen LogP contribution in [0.5, 0.6) is 0 Å². The number of rotatable bonds is 33. The highest BCUT2D eigenvalue weighted by Gasteiger charge is 2.01. The fraction of sp³-hybridized carbons (Fsp3) is 0.838. The van der Waals surface area contributed by atoms with E-state index in [2.05, 4.69) is 36.5 Å². The molecule has 0 radical (unpaired) electrons. The Kier molecular flexibility index (Phi) is 33.3. The van der Waals surface area contributed by atoms with Crippen LogP contribution in [0.2, 0.25) is 0 Å². The van der Waals surface area contributed by atoms with E-state index in [0.717, 1.165) is 32.2 Å². The van der Waals surface area contributed by atoms with Crippen molar-refractivity contribution in [2.45, 2.75) is 193 Å². The van der Waals surface area contributed by atoms with E-state index >= 15 is 0 Å². The number of unbranched alkanes of at least 4 members (excludes halogenated alkanes) is 23. The van der Waals surface area contributed by atoms with Gasteiger partial charge < -0.3 is 11.1 Å². The molecule has 0 unspecified atom stereocenters. The molecule has 0 aliphatic rings. The highest BCUT2D eigenvalue weighted by Crippen LogP contribution is 2.12. The zero-order chi connectivity index (χ0) is 29.9. The molecule has 0 rings (SSSR count). The van der Waals surface area contributed by atoms with Gasteiger partial charge in [-0.05, 0) is 70.6 Å². The van der Waals surface area contributed by atoms with Crippen LogP contribution in [0.1, 0.15) is 193 Å². The summed E-state index contributed by atoms with van der Waals surface area (Å²) < 4.78 is 0. The molecule has 0 aromatic rings. The van der Waals surface area contributed by atoms with Gasteiger partial charge in [-0.25, -0.2) is 0 Å². The van der Waals surface area contributed by atoms with E-state index < -0.39 is 0 Å². The minimum absolute atomic E-state index is 0.173. The summed E-state index contributed by atoms with van der Waals surface area (Å²) in [4.78, 5) is 22.7. The number of nitrogens with one attached hydrogen (secondary N) is 1. The van der Waals surface area contributed by atoms with E-state index in [0.29, 0.717) is 12.8 Å². The number of hydrogen-bond donors (Lipinski definition) is 2. The molecule has 4 heteroatoms. The maximum absolute atomic E-state index is 12.0. The van der Waals surface area contributed by atoms with Crippen molar-refractivity contribution in [2.75, 3.05) is 6.54 Å². The van der Waals surface area contributed by atoms with Crippen molar-refractivity contribution in [3.05, 3.63) is 24.3 Å². The second kappa shape index (κ2) is 34.6. The number of nitrogens with two attached hydrogens (primary N) is 1. The van der Waals surface area contributed by atoms with Gasteiger partial charge in [0.05, 0.1) is 0 Å². The van der Waals surface area contributed by atoms with Crippen molar-refractivity contribution < 1.29 is 9.59 Å². The van der Waals surface area contributed by atoms with E-state index in [-0.39, 0.29) is 11.8 Å². The van der Waals surface area contributed by atoms with E-state index in [1.54, 1.807) is 0 Å². The fourth-order valence-corrected chi connectivity index (χ4v) is 5.27. The third kappa shape index (κ3) is 36.4. The van der Waals surface area contributed by atoms with E-state index in [1.165, 1.54) is 148 Å². The number of amides is 2. The molecule has 0 aliphatic heterocycles. The lowest BCUT2D eigenvalue weighted by Gasteiger charge is -2.05. The zero-order valence-corrected chi connectivity index (χ0v) is 27.4. The number of allylic oxidation sites excluding steroid dienone is 4. The van der Waals surface area contributed by atoms with E-state index in [1.807, 2.05) is 0 Å². The van der Waals surface area contributed by atoms with Gasteiger partial charge in [0.1, 0.15) is 0 Å². The average Bonchev–Trinajstić information content (AvgIpc) is 2.96. The molecule has 240 valence electrons. The van der Waals surface area contributed by atoms with Crippen LogP contribution in [-0.4, -0.2) is 18.4 Å². The molecule has 41 heavy (non-hydrogen) atoms. The Bertz CT molecular complexity index is 614. The molecule has 0 heterocycles. The lowest BCUT2D eigenvalue weighted by molar-refractivity contribution is -0.121. The standard InChI is InChI=1S/C37H70N2O2/c1-2-3-4-5-6-7-8-9-12-16-19-22-25-28-31-34-37(41)39-35-32-29-26-23-20-17-14-11-10-13-15-18-21-24-27-30-33-36(38)40/h9-10,12-13H,2-8,11,14-35H2,1H3,(H2,38,40)(H,39,41)/b12-9-,13-10-. The normalized spacial score (nSPS) is 11.6. The Morgan fingerprint density at radius 1 is 0.463 bits per heavy atom. The largest absolute Gasteiger partial charge is 0.370 e. The van der Waals surface area contributed by atoms with Gasteiger partial charge >= 0.3 is 0 Å². The van der Waals surface area contributed by atoms with Gasteiger partial charge in [0, 0.05) is 19.4 Å². The molecule has 0 spiro atoms. The first kappa shape index (κ1) is 39.4. The second-order valence-electron chi connectivity index (χ2n) is 12.2. The fourth-order valence-electron chi connectivity index (χ4n) is 5.27. The van der Waals surface area contributed by atoms with Crippen molar-refractivity contribution in [2.24, 2.45) is 5.73 Å². The summed E-state index contributed by atoms with van der Waals surface area (Å²) in [6.07, 6.45) is 44.6. The number of hydrogen-bond acceptors (Lipinski definition) is 2. The van der Waals surface area contributed by atoms with Gasteiger partial charge in [-0.3, -0.25) is 9.59 Å². The third-order valence-corrected chi connectivity index (χ3v) is 8.00. The van der Waals surface area contributed by atoms with Gasteiger partial charge in [-0.15, -0.1) is 0 Å². The van der Waals surface area contributed by atoms with Gasteiger partial charge in [-0.1, -0.05) is 134 Å². The lowest BCUT2D eigenvalue weighted by atomic mass is 10.1. The summed E-state index contributed by atoms with van der Waals surface area (Å²) in [5.41, 5.74) is 5.16. The SMILES string of the molecule is CCCCCCCC/C=C\CCCCCCCC(=O)NCCCCCCCCC/C=C\CCCCCCCC(N)=O. The molecule has 0 aromatic heterocycles. The molecule has 0 bridgehead atoms. The molecule has 0 aromatic carbocycles. The minimum Gasteiger partial charge on any atom is -0.370 e. The van der Waals surface area contributed by atoms with E-state index in [4.69, 9.17) is 5.73 Å². The minimum atomic E-state index is -0.173. The van der Waals surface area contributed by atoms with Crippen LogP contribution in [0, 0.1) is 0 Å². The summed E-state index contributed by atoms with van der Waals surface area (Å²) in [6.45, 7) is 3.12. The maximum atomic E-state index is 12.0. The molecule has 4 nitrogen and oxygen atoms in total. The van der Waals surface area contributed by atoms with Crippen LogP contribution >= 0.6 is 0 Å². The van der Waals surface area contributed by atoms with Gasteiger partial charge in [0.2, 0.25) is 11.8 Å². The summed E-state index contributed by atoms with van der Waals surface area (Å²) >= 11 is 0. The van der Waals surface area contributed by atoms with Crippen LogP contribution in [0.4, 0.5) is 0 Å². The molecule has 0 atom stereocenters. The topological polar surface area (TPSA) is 72.2 Å². The van der Waals surface area contributed by atoms with Gasteiger partial charge in [-0.2, -0.15) is 0 Å². The van der Waals surface area contributed by atoms with Crippen molar-refractivity contribution in [1.29, 1.82) is 0 Å². The average molecular weight is 575 g/mol. The van der Waals surface area contributed by atoms with Crippen LogP contribution < -0.4 is 11.1 Å². The number of primary amides is 1. The molecule has 0 aliphatic carbocycles. The molecular weight excluding hydrogens is 504 g/mol.